The lowest BCUT2D eigenvalue weighted by Crippen LogP contribution is -2.19. The molecule has 68 valence electrons. The van der Waals surface area contributed by atoms with E-state index in [1.807, 2.05) is 18.4 Å². The zero-order chi connectivity index (χ0) is 9.14. The number of aliphatic hydroxyl groups excluding tert-OH is 2. The highest BCUT2D eigenvalue weighted by Gasteiger charge is 2.19. The summed E-state index contributed by atoms with van der Waals surface area (Å²) in [5.41, 5.74) is 1.03. The molecule has 1 heterocycles. The van der Waals surface area contributed by atoms with E-state index in [1.54, 1.807) is 0 Å². The molecule has 4 heteroatoms. The van der Waals surface area contributed by atoms with E-state index in [9.17, 15) is 10.2 Å². The van der Waals surface area contributed by atoms with Crippen LogP contribution in [0.15, 0.2) is 11.4 Å². The van der Waals surface area contributed by atoms with Crippen molar-refractivity contribution in [3.05, 3.63) is 21.9 Å². The Kier molecular flexibility index (Phi) is 3.71. The van der Waals surface area contributed by atoms with Crippen molar-refractivity contribution in [2.24, 2.45) is 0 Å². The van der Waals surface area contributed by atoms with Gasteiger partial charge in [-0.05, 0) is 23.9 Å². The van der Waals surface area contributed by atoms with Gasteiger partial charge >= 0.3 is 0 Å². The van der Waals surface area contributed by atoms with Crippen LogP contribution in [0.5, 0.6) is 0 Å². The Morgan fingerprint density at radius 2 is 2.25 bits per heavy atom. The van der Waals surface area contributed by atoms with Gasteiger partial charge in [0, 0.05) is 10.2 Å². The van der Waals surface area contributed by atoms with Crippen molar-refractivity contribution in [3.8, 4) is 0 Å². The maximum atomic E-state index is 9.59. The van der Waals surface area contributed by atoms with Gasteiger partial charge in [-0.1, -0.05) is 15.9 Å². The Bertz CT molecular complexity index is 249. The van der Waals surface area contributed by atoms with Crippen LogP contribution in [0.25, 0.3) is 0 Å². The molecule has 1 rings (SSSR count). The Hall–Kier alpha value is 0.100. The molecule has 2 atom stereocenters. The molecule has 0 amide bonds. The summed E-state index contributed by atoms with van der Waals surface area (Å²) in [6, 6.07) is 1.93. The Morgan fingerprint density at radius 1 is 1.58 bits per heavy atom. The molecule has 2 N–H and O–H groups in total. The summed E-state index contributed by atoms with van der Waals surface area (Å²) >= 11 is 4.59. The molecule has 0 fully saturated rings. The van der Waals surface area contributed by atoms with Crippen molar-refractivity contribution in [2.75, 3.05) is 5.33 Å². The summed E-state index contributed by atoms with van der Waals surface area (Å²) in [5, 5.41) is 21.2. The van der Waals surface area contributed by atoms with Gasteiger partial charge in [-0.2, -0.15) is 0 Å². The zero-order valence-electron chi connectivity index (χ0n) is 6.70. The summed E-state index contributed by atoms with van der Waals surface area (Å²) in [6.45, 7) is 1.93. The Balaban J connectivity index is 2.77. The molecule has 0 aliphatic carbocycles. The standard InChI is InChI=1S/C8H11BrO2S/c1-5-2-3-12-8(5)7(11)6(10)4-9/h2-3,6-7,10-11H,4H2,1H3. The van der Waals surface area contributed by atoms with Crippen LogP contribution in [0.4, 0.5) is 0 Å². The molecule has 1 aromatic rings. The number of rotatable bonds is 3. The first-order chi connectivity index (χ1) is 5.66. The maximum absolute atomic E-state index is 9.59. The average Bonchev–Trinajstić information content (AvgIpc) is 2.48. The molecule has 1 aromatic heterocycles. The van der Waals surface area contributed by atoms with Crippen LogP contribution >= 0.6 is 27.3 Å². The number of hydrogen-bond acceptors (Lipinski definition) is 3. The molecule has 0 radical (unpaired) electrons. The van der Waals surface area contributed by atoms with Crippen molar-refractivity contribution >= 4 is 27.3 Å². The van der Waals surface area contributed by atoms with E-state index in [0.29, 0.717) is 5.33 Å². The number of thiophene rings is 1. The second-order valence-corrected chi connectivity index (χ2v) is 4.23. The first-order valence-electron chi connectivity index (χ1n) is 3.63. The summed E-state index contributed by atoms with van der Waals surface area (Å²) in [7, 11) is 0. The van der Waals surface area contributed by atoms with Crippen LogP contribution in [0.1, 0.15) is 16.5 Å². The van der Waals surface area contributed by atoms with E-state index < -0.39 is 12.2 Å². The van der Waals surface area contributed by atoms with Gasteiger partial charge in [-0.3, -0.25) is 0 Å². The van der Waals surface area contributed by atoms with Crippen molar-refractivity contribution < 1.29 is 10.2 Å². The largest absolute Gasteiger partial charge is 0.389 e. The van der Waals surface area contributed by atoms with Gasteiger partial charge in [0.1, 0.15) is 6.10 Å². The van der Waals surface area contributed by atoms with Crippen LogP contribution in [-0.4, -0.2) is 21.6 Å². The topological polar surface area (TPSA) is 40.5 Å². The van der Waals surface area contributed by atoms with Crippen LogP contribution in [0, 0.1) is 6.92 Å². The van der Waals surface area contributed by atoms with Gasteiger partial charge in [0.25, 0.3) is 0 Å². The predicted octanol–water partition coefficient (Wildman–Crippen LogP) is 1.85. The first kappa shape index (κ1) is 10.2. The average molecular weight is 251 g/mol. The summed E-state index contributed by atoms with van der Waals surface area (Å²) in [5.74, 6) is 0. The zero-order valence-corrected chi connectivity index (χ0v) is 9.10. The molecule has 0 saturated heterocycles. The SMILES string of the molecule is Cc1ccsc1C(O)C(O)CBr. The normalized spacial score (nSPS) is 16.0. The minimum absolute atomic E-state index is 0.394. The van der Waals surface area contributed by atoms with E-state index in [-0.39, 0.29) is 0 Å². The third-order valence-electron chi connectivity index (χ3n) is 1.69. The lowest BCUT2D eigenvalue weighted by atomic mass is 10.1. The molecule has 0 aliphatic heterocycles. The van der Waals surface area contributed by atoms with Gasteiger partial charge in [0.15, 0.2) is 0 Å². The summed E-state index contributed by atoms with van der Waals surface area (Å²) < 4.78 is 0. The number of halogens is 1. The van der Waals surface area contributed by atoms with Crippen molar-refractivity contribution in [2.45, 2.75) is 19.1 Å². The quantitative estimate of drug-likeness (QED) is 0.805. The van der Waals surface area contributed by atoms with Crippen LogP contribution in [0.2, 0.25) is 0 Å². The smallest absolute Gasteiger partial charge is 0.115 e. The highest BCUT2D eigenvalue weighted by atomic mass is 79.9. The van der Waals surface area contributed by atoms with E-state index in [4.69, 9.17) is 0 Å². The predicted molar refractivity (Wildman–Crippen MR) is 53.8 cm³/mol. The monoisotopic (exact) mass is 250 g/mol. The van der Waals surface area contributed by atoms with Crippen molar-refractivity contribution in [1.82, 2.24) is 0 Å². The molecule has 0 bridgehead atoms. The second-order valence-electron chi connectivity index (χ2n) is 2.63. The fourth-order valence-corrected chi connectivity index (χ4v) is 2.27. The molecular weight excluding hydrogens is 240 g/mol. The Morgan fingerprint density at radius 3 is 2.67 bits per heavy atom. The van der Waals surface area contributed by atoms with Crippen molar-refractivity contribution in [1.29, 1.82) is 0 Å². The fraction of sp³-hybridized carbons (Fsp3) is 0.500. The number of hydrogen-bond donors (Lipinski definition) is 2. The molecule has 0 saturated carbocycles. The lowest BCUT2D eigenvalue weighted by molar-refractivity contribution is 0.0362. The molecular formula is C8H11BrO2S. The molecule has 12 heavy (non-hydrogen) atoms. The van der Waals surface area contributed by atoms with Crippen LogP contribution in [-0.2, 0) is 0 Å². The molecule has 0 aromatic carbocycles. The summed E-state index contributed by atoms with van der Waals surface area (Å²) in [6.07, 6.45) is -1.48. The van der Waals surface area contributed by atoms with E-state index in [0.717, 1.165) is 10.4 Å². The minimum Gasteiger partial charge on any atom is -0.389 e. The van der Waals surface area contributed by atoms with Gasteiger partial charge < -0.3 is 10.2 Å². The maximum Gasteiger partial charge on any atom is 0.115 e. The summed E-state index contributed by atoms with van der Waals surface area (Å²) in [4.78, 5) is 0.849. The molecule has 2 nitrogen and oxygen atoms in total. The molecule has 2 unspecified atom stereocenters. The fourth-order valence-electron chi connectivity index (χ4n) is 0.947. The van der Waals surface area contributed by atoms with Crippen LogP contribution < -0.4 is 0 Å². The van der Waals surface area contributed by atoms with Crippen molar-refractivity contribution in [3.63, 3.8) is 0 Å². The van der Waals surface area contributed by atoms with E-state index in [2.05, 4.69) is 15.9 Å². The van der Waals surface area contributed by atoms with Crippen LogP contribution in [0.3, 0.4) is 0 Å². The minimum atomic E-state index is -0.760. The third kappa shape index (κ3) is 2.07. The van der Waals surface area contributed by atoms with E-state index in [1.165, 1.54) is 11.3 Å². The lowest BCUT2D eigenvalue weighted by Gasteiger charge is -2.14. The number of aliphatic hydroxyl groups is 2. The second kappa shape index (κ2) is 4.37. The highest BCUT2D eigenvalue weighted by Crippen LogP contribution is 2.26. The molecule has 0 spiro atoms. The van der Waals surface area contributed by atoms with E-state index >= 15 is 0 Å². The van der Waals surface area contributed by atoms with Gasteiger partial charge in [0.05, 0.1) is 6.10 Å². The highest BCUT2D eigenvalue weighted by molar-refractivity contribution is 9.09. The number of aryl methyl sites for hydroxylation is 1. The van der Waals surface area contributed by atoms with Gasteiger partial charge in [-0.25, -0.2) is 0 Å². The molecule has 0 aliphatic rings. The van der Waals surface area contributed by atoms with Gasteiger partial charge in [0.2, 0.25) is 0 Å². The third-order valence-corrected chi connectivity index (χ3v) is 3.45. The first-order valence-corrected chi connectivity index (χ1v) is 5.63. The Labute approximate surface area is 84.0 Å². The number of alkyl halides is 1. The van der Waals surface area contributed by atoms with Gasteiger partial charge in [-0.15, -0.1) is 11.3 Å².